The van der Waals surface area contributed by atoms with E-state index in [1.165, 1.54) is 19.3 Å². The van der Waals surface area contributed by atoms with Crippen LogP contribution in [0.3, 0.4) is 0 Å². The van der Waals surface area contributed by atoms with Crippen LogP contribution in [-0.4, -0.2) is 30.5 Å². The van der Waals surface area contributed by atoms with Crippen molar-refractivity contribution in [2.45, 2.75) is 38.5 Å². The Kier molecular flexibility index (Phi) is 3.44. The number of likely N-dealkylation sites (tertiary alicyclic amines) is 1. The van der Waals surface area contributed by atoms with E-state index in [-0.39, 0.29) is 13.0 Å². The van der Waals surface area contributed by atoms with Gasteiger partial charge < -0.3 is 0 Å². The lowest BCUT2D eigenvalue weighted by atomic mass is 10.3. The van der Waals surface area contributed by atoms with Crippen LogP contribution in [0.2, 0.25) is 0 Å². The molecule has 0 bridgehead atoms. The highest BCUT2D eigenvalue weighted by atomic mass is 19.3. The average Bonchev–Trinajstić information content (AvgIpc) is 2.82. The zero-order valence-electron chi connectivity index (χ0n) is 7.65. The fourth-order valence-corrected chi connectivity index (χ4v) is 1.08. The van der Waals surface area contributed by atoms with Crippen LogP contribution in [0.15, 0.2) is 0 Å². The summed E-state index contributed by atoms with van der Waals surface area (Å²) < 4.78 is 24.7. The molecule has 1 saturated carbocycles. The third-order valence-corrected chi connectivity index (χ3v) is 2.05. The van der Waals surface area contributed by atoms with Gasteiger partial charge in [-0.05, 0) is 6.54 Å². The molecule has 2 fully saturated rings. The Morgan fingerprint density at radius 1 is 1.25 bits per heavy atom. The van der Waals surface area contributed by atoms with E-state index in [1.807, 2.05) is 6.92 Å². The molecular weight excluding hydrogens is 160 g/mol. The van der Waals surface area contributed by atoms with Gasteiger partial charge in [-0.15, -0.1) is 0 Å². The summed E-state index contributed by atoms with van der Waals surface area (Å²) in [4.78, 5) is 1.76. The zero-order chi connectivity index (χ0) is 9.03. The number of hydrogen-bond donors (Lipinski definition) is 0. The fourth-order valence-electron chi connectivity index (χ4n) is 1.08. The maximum atomic E-state index is 12.3. The first-order valence-electron chi connectivity index (χ1n) is 4.74. The molecule has 0 radical (unpaired) electrons. The van der Waals surface area contributed by atoms with Gasteiger partial charge in [0.15, 0.2) is 0 Å². The van der Waals surface area contributed by atoms with Crippen molar-refractivity contribution in [2.24, 2.45) is 0 Å². The first-order valence-corrected chi connectivity index (χ1v) is 4.74. The molecule has 0 aromatic rings. The van der Waals surface area contributed by atoms with Gasteiger partial charge in [-0.3, -0.25) is 4.90 Å². The Bertz CT molecular complexity index is 132. The maximum absolute atomic E-state index is 12.3. The van der Waals surface area contributed by atoms with Crippen LogP contribution in [-0.2, 0) is 0 Å². The number of halogens is 2. The minimum atomic E-state index is -2.41. The van der Waals surface area contributed by atoms with Crippen molar-refractivity contribution in [1.82, 2.24) is 4.90 Å². The molecule has 0 amide bonds. The maximum Gasteiger partial charge on any atom is 0.261 e. The van der Waals surface area contributed by atoms with E-state index in [1.54, 1.807) is 4.90 Å². The van der Waals surface area contributed by atoms with Gasteiger partial charge in [-0.2, -0.15) is 0 Å². The van der Waals surface area contributed by atoms with Crippen molar-refractivity contribution in [2.75, 3.05) is 19.6 Å². The van der Waals surface area contributed by atoms with Gasteiger partial charge in [0.05, 0.1) is 6.54 Å². The van der Waals surface area contributed by atoms with E-state index in [4.69, 9.17) is 0 Å². The Morgan fingerprint density at radius 2 is 1.83 bits per heavy atom. The second-order valence-electron chi connectivity index (χ2n) is 3.54. The van der Waals surface area contributed by atoms with E-state index < -0.39 is 5.92 Å². The standard InChI is InChI=1S/C6H11F2N.C3H6/c1-2-9-4-3-6(7,8)5-9;1-2-3-1/h2-5H2,1H3;1-3H2. The minimum Gasteiger partial charge on any atom is -0.298 e. The number of alkyl halides is 2. The highest BCUT2D eigenvalue weighted by Crippen LogP contribution is 2.25. The second-order valence-corrected chi connectivity index (χ2v) is 3.54. The summed E-state index contributed by atoms with van der Waals surface area (Å²) in [7, 11) is 0. The molecule has 2 rings (SSSR count). The molecule has 0 N–H and O–H groups in total. The van der Waals surface area contributed by atoms with Crippen molar-refractivity contribution in [1.29, 1.82) is 0 Å². The molecule has 2 aliphatic rings. The average molecular weight is 177 g/mol. The van der Waals surface area contributed by atoms with Crippen LogP contribution >= 0.6 is 0 Å². The fraction of sp³-hybridized carbons (Fsp3) is 1.00. The molecule has 12 heavy (non-hydrogen) atoms. The highest BCUT2D eigenvalue weighted by Gasteiger charge is 2.37. The Labute approximate surface area is 72.7 Å². The summed E-state index contributed by atoms with van der Waals surface area (Å²) >= 11 is 0. The SMILES string of the molecule is C1CC1.CCN1CCC(F)(F)C1. The Hall–Kier alpha value is -0.180. The number of rotatable bonds is 1. The molecule has 0 spiro atoms. The van der Waals surface area contributed by atoms with Crippen molar-refractivity contribution in [3.8, 4) is 0 Å². The molecule has 0 atom stereocenters. The highest BCUT2D eigenvalue weighted by molar-refractivity contribution is 4.80. The molecular formula is C9H17F2N. The van der Waals surface area contributed by atoms with E-state index in [9.17, 15) is 8.78 Å². The lowest BCUT2D eigenvalue weighted by molar-refractivity contribution is 0.0127. The van der Waals surface area contributed by atoms with Crippen LogP contribution < -0.4 is 0 Å². The van der Waals surface area contributed by atoms with Gasteiger partial charge in [-0.25, -0.2) is 8.78 Å². The first-order chi connectivity index (χ1) is 5.64. The van der Waals surface area contributed by atoms with Gasteiger partial charge in [-0.1, -0.05) is 26.2 Å². The molecule has 3 heteroatoms. The van der Waals surface area contributed by atoms with Crippen molar-refractivity contribution in [3.05, 3.63) is 0 Å². The smallest absolute Gasteiger partial charge is 0.261 e. The van der Waals surface area contributed by atoms with Crippen LogP contribution in [0, 0.1) is 0 Å². The van der Waals surface area contributed by atoms with Crippen LogP contribution in [0.5, 0.6) is 0 Å². The molecule has 0 aromatic carbocycles. The summed E-state index contributed by atoms with van der Waals surface area (Å²) in [6.07, 6.45) is 4.54. The van der Waals surface area contributed by atoms with E-state index in [0.717, 1.165) is 6.54 Å². The monoisotopic (exact) mass is 177 g/mol. The summed E-state index contributed by atoms with van der Waals surface area (Å²) in [5.41, 5.74) is 0. The topological polar surface area (TPSA) is 3.24 Å². The van der Waals surface area contributed by atoms with Gasteiger partial charge >= 0.3 is 0 Å². The quantitative estimate of drug-likeness (QED) is 0.595. The summed E-state index contributed by atoms with van der Waals surface area (Å²) in [5.74, 6) is -2.41. The van der Waals surface area contributed by atoms with Crippen molar-refractivity contribution < 1.29 is 8.78 Å². The molecule has 1 aliphatic carbocycles. The molecule has 1 nitrogen and oxygen atoms in total. The number of hydrogen-bond acceptors (Lipinski definition) is 1. The minimum absolute atomic E-state index is 0.0382. The molecule has 0 aromatic heterocycles. The van der Waals surface area contributed by atoms with Gasteiger partial charge in [0.2, 0.25) is 0 Å². The molecule has 1 saturated heterocycles. The van der Waals surface area contributed by atoms with Gasteiger partial charge in [0.1, 0.15) is 0 Å². The van der Waals surface area contributed by atoms with Crippen LogP contribution in [0.4, 0.5) is 8.78 Å². The molecule has 0 unspecified atom stereocenters. The summed E-state index contributed by atoms with van der Waals surface area (Å²) in [6, 6.07) is 0. The molecule has 1 heterocycles. The van der Waals surface area contributed by atoms with Crippen LogP contribution in [0.1, 0.15) is 32.6 Å². The lowest BCUT2D eigenvalue weighted by Crippen LogP contribution is -2.24. The van der Waals surface area contributed by atoms with E-state index >= 15 is 0 Å². The number of nitrogens with zero attached hydrogens (tertiary/aromatic N) is 1. The van der Waals surface area contributed by atoms with Crippen LogP contribution in [0.25, 0.3) is 0 Å². The second kappa shape index (κ2) is 4.17. The lowest BCUT2D eigenvalue weighted by Gasteiger charge is -2.11. The van der Waals surface area contributed by atoms with Gasteiger partial charge in [0.25, 0.3) is 5.92 Å². The van der Waals surface area contributed by atoms with E-state index in [0.29, 0.717) is 6.54 Å². The van der Waals surface area contributed by atoms with Crippen molar-refractivity contribution in [3.63, 3.8) is 0 Å². The summed E-state index contributed by atoms with van der Waals surface area (Å²) in [5, 5.41) is 0. The molecule has 72 valence electrons. The van der Waals surface area contributed by atoms with E-state index in [2.05, 4.69) is 0 Å². The molecule has 1 aliphatic heterocycles. The predicted molar refractivity (Wildman–Crippen MR) is 45.5 cm³/mol. The first kappa shape index (κ1) is 9.90. The normalized spacial score (nSPS) is 26.2. The third-order valence-electron chi connectivity index (χ3n) is 2.05. The summed E-state index contributed by atoms with van der Waals surface area (Å²) in [6.45, 7) is 3.17. The Morgan fingerprint density at radius 3 is 2.00 bits per heavy atom. The largest absolute Gasteiger partial charge is 0.298 e. The zero-order valence-corrected chi connectivity index (χ0v) is 7.65. The van der Waals surface area contributed by atoms with Gasteiger partial charge in [0, 0.05) is 13.0 Å². The predicted octanol–water partition coefficient (Wildman–Crippen LogP) is 2.52. The third kappa shape index (κ3) is 4.00. The van der Waals surface area contributed by atoms with Crippen molar-refractivity contribution >= 4 is 0 Å². The Balaban J connectivity index is 0.000000200.